The second-order valence-corrected chi connectivity index (χ2v) is 6.22. The fourth-order valence-electron chi connectivity index (χ4n) is 2.50. The van der Waals surface area contributed by atoms with Crippen LogP contribution in [0.2, 0.25) is 0 Å². The fraction of sp³-hybridized carbons (Fsp3) is 0.333. The van der Waals surface area contributed by atoms with E-state index < -0.39 is 0 Å². The van der Waals surface area contributed by atoms with Gasteiger partial charge in [-0.25, -0.2) is 0 Å². The molecule has 2 heteroatoms. The molecule has 0 aliphatic carbocycles. The number of hydrogen-bond acceptors (Lipinski definition) is 2. The van der Waals surface area contributed by atoms with Crippen LogP contribution in [0.5, 0.6) is 0 Å². The SMILES string of the molecule is CN(Cc1ccc(-c2ccccc2)cc1)CC(C)(C)N. The Morgan fingerprint density at radius 1 is 0.900 bits per heavy atom. The van der Waals surface area contributed by atoms with Gasteiger partial charge in [0.2, 0.25) is 0 Å². The van der Waals surface area contributed by atoms with Crippen LogP contribution in [0.25, 0.3) is 11.1 Å². The summed E-state index contributed by atoms with van der Waals surface area (Å²) in [6.45, 7) is 5.92. The Kier molecular flexibility index (Phi) is 4.58. The Bertz CT molecular complexity index is 524. The minimum Gasteiger partial charge on any atom is -0.324 e. The average molecular weight is 268 g/mol. The summed E-state index contributed by atoms with van der Waals surface area (Å²) in [4.78, 5) is 2.26. The molecule has 0 atom stereocenters. The largest absolute Gasteiger partial charge is 0.324 e. The lowest BCUT2D eigenvalue weighted by Gasteiger charge is -2.26. The second-order valence-electron chi connectivity index (χ2n) is 6.22. The zero-order valence-electron chi connectivity index (χ0n) is 12.6. The monoisotopic (exact) mass is 268 g/mol. The first kappa shape index (κ1) is 14.8. The highest BCUT2D eigenvalue weighted by molar-refractivity contribution is 5.63. The third kappa shape index (κ3) is 4.48. The molecule has 0 amide bonds. The molecule has 0 aliphatic rings. The minimum absolute atomic E-state index is 0.154. The highest BCUT2D eigenvalue weighted by Gasteiger charge is 2.13. The van der Waals surface area contributed by atoms with Crippen molar-refractivity contribution < 1.29 is 0 Å². The van der Waals surface area contributed by atoms with Crippen LogP contribution in [-0.4, -0.2) is 24.0 Å². The lowest BCUT2D eigenvalue weighted by molar-refractivity contribution is 0.263. The standard InChI is InChI=1S/C18H24N2/c1-18(2,19)14-20(3)13-15-9-11-17(12-10-15)16-7-5-4-6-8-16/h4-12H,13-14,19H2,1-3H3. The minimum atomic E-state index is -0.154. The van der Waals surface area contributed by atoms with E-state index in [4.69, 9.17) is 5.73 Å². The van der Waals surface area contributed by atoms with E-state index in [1.165, 1.54) is 16.7 Å². The van der Waals surface area contributed by atoms with Crippen LogP contribution < -0.4 is 5.73 Å². The Balaban J connectivity index is 2.02. The summed E-state index contributed by atoms with van der Waals surface area (Å²) in [5.41, 5.74) is 9.73. The molecule has 0 saturated heterocycles. The molecule has 2 rings (SSSR count). The van der Waals surface area contributed by atoms with Gasteiger partial charge in [0, 0.05) is 18.6 Å². The van der Waals surface area contributed by atoms with Crippen molar-refractivity contribution in [3.05, 3.63) is 60.2 Å². The molecule has 106 valence electrons. The first-order chi connectivity index (χ1) is 9.44. The summed E-state index contributed by atoms with van der Waals surface area (Å²) < 4.78 is 0. The highest BCUT2D eigenvalue weighted by Crippen LogP contribution is 2.19. The van der Waals surface area contributed by atoms with Crippen molar-refractivity contribution in [1.82, 2.24) is 4.90 Å². The van der Waals surface area contributed by atoms with Crippen LogP contribution in [0.4, 0.5) is 0 Å². The molecule has 0 heterocycles. The molecule has 0 spiro atoms. The van der Waals surface area contributed by atoms with Gasteiger partial charge in [0.25, 0.3) is 0 Å². The summed E-state index contributed by atoms with van der Waals surface area (Å²) in [5.74, 6) is 0. The van der Waals surface area contributed by atoms with Gasteiger partial charge in [0.15, 0.2) is 0 Å². The zero-order valence-corrected chi connectivity index (χ0v) is 12.6. The molecular weight excluding hydrogens is 244 g/mol. The smallest absolute Gasteiger partial charge is 0.0231 e. The molecule has 2 aromatic rings. The lowest BCUT2D eigenvalue weighted by Crippen LogP contribution is -2.43. The van der Waals surface area contributed by atoms with Crippen molar-refractivity contribution in [2.24, 2.45) is 5.73 Å². The Morgan fingerprint density at radius 2 is 1.45 bits per heavy atom. The van der Waals surface area contributed by atoms with Crippen molar-refractivity contribution in [3.63, 3.8) is 0 Å². The number of likely N-dealkylation sites (N-methyl/N-ethyl adjacent to an activating group) is 1. The van der Waals surface area contributed by atoms with E-state index in [0.717, 1.165) is 13.1 Å². The average Bonchev–Trinajstić information content (AvgIpc) is 2.38. The predicted octanol–water partition coefficient (Wildman–Crippen LogP) is 3.52. The summed E-state index contributed by atoms with van der Waals surface area (Å²) in [5, 5.41) is 0. The van der Waals surface area contributed by atoms with Gasteiger partial charge < -0.3 is 10.6 Å². The molecule has 0 saturated carbocycles. The number of hydrogen-bond donors (Lipinski definition) is 1. The maximum absolute atomic E-state index is 6.05. The maximum Gasteiger partial charge on any atom is 0.0231 e. The highest BCUT2D eigenvalue weighted by atomic mass is 15.1. The van der Waals surface area contributed by atoms with Gasteiger partial charge in [0.1, 0.15) is 0 Å². The van der Waals surface area contributed by atoms with Gasteiger partial charge in [0.05, 0.1) is 0 Å². The van der Waals surface area contributed by atoms with Crippen molar-refractivity contribution in [2.75, 3.05) is 13.6 Å². The molecule has 0 aliphatic heterocycles. The Labute approximate surface area is 122 Å². The van der Waals surface area contributed by atoms with E-state index in [9.17, 15) is 0 Å². The third-order valence-electron chi connectivity index (χ3n) is 3.19. The van der Waals surface area contributed by atoms with E-state index in [-0.39, 0.29) is 5.54 Å². The van der Waals surface area contributed by atoms with Crippen LogP contribution in [0.3, 0.4) is 0 Å². The summed E-state index contributed by atoms with van der Waals surface area (Å²) >= 11 is 0. The van der Waals surface area contributed by atoms with Gasteiger partial charge in [-0.3, -0.25) is 0 Å². The zero-order chi connectivity index (χ0) is 14.6. The van der Waals surface area contributed by atoms with Crippen LogP contribution in [0.15, 0.2) is 54.6 Å². The van der Waals surface area contributed by atoms with Crippen LogP contribution in [-0.2, 0) is 6.54 Å². The van der Waals surface area contributed by atoms with Crippen LogP contribution >= 0.6 is 0 Å². The van der Waals surface area contributed by atoms with Crippen LogP contribution in [0.1, 0.15) is 19.4 Å². The van der Waals surface area contributed by atoms with Gasteiger partial charge >= 0.3 is 0 Å². The number of rotatable bonds is 5. The molecule has 0 radical (unpaired) electrons. The lowest BCUT2D eigenvalue weighted by atomic mass is 10.0. The molecule has 0 unspecified atom stereocenters. The van der Waals surface area contributed by atoms with Gasteiger partial charge in [-0.2, -0.15) is 0 Å². The van der Waals surface area contributed by atoms with E-state index in [1.807, 2.05) is 6.07 Å². The topological polar surface area (TPSA) is 29.3 Å². The summed E-state index contributed by atoms with van der Waals surface area (Å²) in [6.07, 6.45) is 0. The van der Waals surface area contributed by atoms with Crippen molar-refractivity contribution in [2.45, 2.75) is 25.9 Å². The predicted molar refractivity (Wildman–Crippen MR) is 86.5 cm³/mol. The molecule has 2 aromatic carbocycles. The van der Waals surface area contributed by atoms with E-state index in [1.54, 1.807) is 0 Å². The maximum atomic E-state index is 6.05. The molecule has 0 bridgehead atoms. The quantitative estimate of drug-likeness (QED) is 0.899. The molecule has 0 fully saturated rings. The van der Waals surface area contributed by atoms with Crippen molar-refractivity contribution in [1.29, 1.82) is 0 Å². The normalized spacial score (nSPS) is 11.8. The van der Waals surface area contributed by atoms with Crippen molar-refractivity contribution >= 4 is 0 Å². The van der Waals surface area contributed by atoms with Crippen LogP contribution in [0, 0.1) is 0 Å². The molecule has 2 N–H and O–H groups in total. The Morgan fingerprint density at radius 3 is 2.00 bits per heavy atom. The van der Waals surface area contributed by atoms with E-state index in [2.05, 4.69) is 74.3 Å². The number of nitrogens with two attached hydrogens (primary N) is 1. The number of nitrogens with zero attached hydrogens (tertiary/aromatic N) is 1. The third-order valence-corrected chi connectivity index (χ3v) is 3.19. The molecule has 0 aromatic heterocycles. The second kappa shape index (κ2) is 6.21. The fourth-order valence-corrected chi connectivity index (χ4v) is 2.50. The first-order valence-corrected chi connectivity index (χ1v) is 7.06. The Hall–Kier alpha value is -1.64. The van der Waals surface area contributed by atoms with Gasteiger partial charge in [-0.1, -0.05) is 54.6 Å². The number of benzene rings is 2. The molecule has 2 nitrogen and oxygen atoms in total. The van der Waals surface area contributed by atoms with Gasteiger partial charge in [-0.05, 0) is 37.6 Å². The van der Waals surface area contributed by atoms with E-state index in [0.29, 0.717) is 0 Å². The van der Waals surface area contributed by atoms with E-state index >= 15 is 0 Å². The summed E-state index contributed by atoms with van der Waals surface area (Å²) in [7, 11) is 2.11. The first-order valence-electron chi connectivity index (χ1n) is 7.06. The molecule has 20 heavy (non-hydrogen) atoms. The van der Waals surface area contributed by atoms with Crippen molar-refractivity contribution in [3.8, 4) is 11.1 Å². The van der Waals surface area contributed by atoms with Gasteiger partial charge in [-0.15, -0.1) is 0 Å². The molecular formula is C18H24N2. The summed E-state index contributed by atoms with van der Waals surface area (Å²) in [6, 6.07) is 19.2.